The Labute approximate surface area is 118 Å². The molecule has 19 heavy (non-hydrogen) atoms. The molecule has 3 rings (SSSR count). The molecule has 3 aromatic rings. The van der Waals surface area contributed by atoms with Crippen LogP contribution in [0.4, 0.5) is 5.69 Å². The van der Waals surface area contributed by atoms with Crippen LogP contribution >= 0.6 is 15.9 Å². The van der Waals surface area contributed by atoms with Crippen LogP contribution in [-0.4, -0.2) is 14.6 Å². The minimum absolute atomic E-state index is 0.483. The third-order valence-corrected chi connectivity index (χ3v) is 3.15. The van der Waals surface area contributed by atoms with E-state index in [2.05, 4.69) is 26.0 Å². The number of nitrogen functional groups attached to an aromatic ring is 1. The molecular formula is C13H11BrN4O. The van der Waals surface area contributed by atoms with Crippen LogP contribution in [0.3, 0.4) is 0 Å². The molecule has 0 fully saturated rings. The zero-order valence-electron chi connectivity index (χ0n) is 10.2. The summed E-state index contributed by atoms with van der Waals surface area (Å²) in [6, 6.07) is 7.37. The molecule has 2 N–H and O–H groups in total. The number of nitrogens with two attached hydrogens (primary N) is 1. The Morgan fingerprint density at radius 1 is 1.32 bits per heavy atom. The molecule has 0 radical (unpaired) electrons. The Balaban J connectivity index is 2.05. The van der Waals surface area contributed by atoms with E-state index < -0.39 is 0 Å². The van der Waals surface area contributed by atoms with Gasteiger partial charge in [-0.15, -0.1) is 0 Å². The highest BCUT2D eigenvalue weighted by Crippen LogP contribution is 2.30. The zero-order valence-corrected chi connectivity index (χ0v) is 11.8. The van der Waals surface area contributed by atoms with Crippen LogP contribution in [0, 0.1) is 6.92 Å². The molecule has 0 bridgehead atoms. The highest BCUT2D eigenvalue weighted by Gasteiger charge is 2.09. The minimum atomic E-state index is 0.483. The van der Waals surface area contributed by atoms with Crippen LogP contribution in [-0.2, 0) is 0 Å². The topological polar surface area (TPSA) is 65.4 Å². The van der Waals surface area contributed by atoms with E-state index in [1.54, 1.807) is 29.0 Å². The van der Waals surface area contributed by atoms with Crippen molar-refractivity contribution in [1.29, 1.82) is 0 Å². The monoisotopic (exact) mass is 318 g/mol. The van der Waals surface area contributed by atoms with Crippen molar-refractivity contribution < 1.29 is 4.74 Å². The fraction of sp³-hybridized carbons (Fsp3) is 0.0769. The van der Waals surface area contributed by atoms with E-state index >= 15 is 0 Å². The number of nitrogens with zero attached hydrogens (tertiary/aromatic N) is 3. The number of fused-ring (bicyclic) bond motifs is 1. The average molecular weight is 319 g/mol. The third-order valence-electron chi connectivity index (χ3n) is 2.66. The highest BCUT2D eigenvalue weighted by molar-refractivity contribution is 9.10. The van der Waals surface area contributed by atoms with Crippen LogP contribution in [0.1, 0.15) is 5.69 Å². The number of anilines is 1. The van der Waals surface area contributed by atoms with E-state index in [9.17, 15) is 0 Å². The van der Waals surface area contributed by atoms with Gasteiger partial charge in [0.05, 0.1) is 11.4 Å². The quantitative estimate of drug-likeness (QED) is 0.737. The lowest BCUT2D eigenvalue weighted by atomic mass is 10.3. The first-order valence-electron chi connectivity index (χ1n) is 5.67. The predicted molar refractivity (Wildman–Crippen MR) is 76.4 cm³/mol. The number of hydrogen-bond acceptors (Lipinski definition) is 4. The number of aryl methyl sites for hydroxylation is 1. The molecular weight excluding hydrogens is 308 g/mol. The second-order valence-electron chi connectivity index (χ2n) is 4.13. The smallest absolute Gasteiger partial charge is 0.245 e. The van der Waals surface area contributed by atoms with Crippen LogP contribution in [0.15, 0.2) is 41.1 Å². The van der Waals surface area contributed by atoms with Crippen molar-refractivity contribution in [3.8, 4) is 11.6 Å². The summed E-state index contributed by atoms with van der Waals surface area (Å²) in [5, 5.41) is 4.31. The summed E-state index contributed by atoms with van der Waals surface area (Å²) < 4.78 is 8.41. The van der Waals surface area contributed by atoms with Crippen molar-refractivity contribution in [2.45, 2.75) is 6.92 Å². The fourth-order valence-corrected chi connectivity index (χ4v) is 2.19. The molecule has 2 heterocycles. The second-order valence-corrected chi connectivity index (χ2v) is 5.05. The van der Waals surface area contributed by atoms with E-state index in [4.69, 9.17) is 10.5 Å². The summed E-state index contributed by atoms with van der Waals surface area (Å²) >= 11 is 3.36. The van der Waals surface area contributed by atoms with Crippen molar-refractivity contribution >= 4 is 27.1 Å². The maximum absolute atomic E-state index is 5.91. The Kier molecular flexibility index (Phi) is 2.87. The van der Waals surface area contributed by atoms with Gasteiger partial charge in [0.2, 0.25) is 5.88 Å². The van der Waals surface area contributed by atoms with Gasteiger partial charge in [-0.3, -0.25) is 0 Å². The minimum Gasteiger partial charge on any atom is -0.435 e. The van der Waals surface area contributed by atoms with E-state index in [0.717, 1.165) is 15.7 Å². The maximum Gasteiger partial charge on any atom is 0.245 e. The molecule has 1 aromatic carbocycles. The lowest BCUT2D eigenvalue weighted by Crippen LogP contribution is -1.96. The first kappa shape index (κ1) is 12.0. The molecule has 0 saturated carbocycles. The SMILES string of the molecule is Cc1cc2c(Oc3ccc(Br)cc3N)nccn2n1. The first-order valence-corrected chi connectivity index (χ1v) is 6.46. The number of benzene rings is 1. The van der Waals surface area contributed by atoms with Gasteiger partial charge in [-0.1, -0.05) is 15.9 Å². The molecule has 0 atom stereocenters. The van der Waals surface area contributed by atoms with Crippen molar-refractivity contribution in [3.63, 3.8) is 0 Å². The van der Waals surface area contributed by atoms with Gasteiger partial charge in [0.1, 0.15) is 5.52 Å². The normalized spacial score (nSPS) is 10.8. The first-order chi connectivity index (χ1) is 9.13. The number of halogens is 1. The summed E-state index contributed by atoms with van der Waals surface area (Å²) in [5.74, 6) is 1.06. The summed E-state index contributed by atoms with van der Waals surface area (Å²) in [7, 11) is 0. The van der Waals surface area contributed by atoms with Gasteiger partial charge >= 0.3 is 0 Å². The molecule has 2 aromatic heterocycles. The van der Waals surface area contributed by atoms with E-state index in [-0.39, 0.29) is 0 Å². The van der Waals surface area contributed by atoms with Gasteiger partial charge in [0.25, 0.3) is 0 Å². The van der Waals surface area contributed by atoms with Gasteiger partial charge < -0.3 is 10.5 Å². The van der Waals surface area contributed by atoms with Crippen LogP contribution < -0.4 is 10.5 Å². The fourth-order valence-electron chi connectivity index (χ4n) is 1.82. The average Bonchev–Trinajstić information content (AvgIpc) is 2.74. The molecule has 0 amide bonds. The largest absolute Gasteiger partial charge is 0.435 e. The van der Waals surface area contributed by atoms with Gasteiger partial charge in [-0.25, -0.2) is 9.50 Å². The van der Waals surface area contributed by atoms with Crippen LogP contribution in [0.2, 0.25) is 0 Å². The summed E-state index contributed by atoms with van der Waals surface area (Å²) in [6.07, 6.45) is 3.42. The molecule has 0 unspecified atom stereocenters. The van der Waals surface area contributed by atoms with E-state index in [1.807, 2.05) is 19.1 Å². The second kappa shape index (κ2) is 4.55. The molecule has 0 saturated heterocycles. The molecule has 0 aliphatic carbocycles. The Bertz CT molecular complexity index is 753. The van der Waals surface area contributed by atoms with E-state index in [0.29, 0.717) is 17.3 Å². The number of ether oxygens (including phenoxy) is 1. The molecule has 0 aliphatic heterocycles. The van der Waals surface area contributed by atoms with Gasteiger partial charge in [0.15, 0.2) is 5.75 Å². The van der Waals surface area contributed by atoms with Crippen molar-refractivity contribution in [1.82, 2.24) is 14.6 Å². The van der Waals surface area contributed by atoms with Gasteiger partial charge in [-0.05, 0) is 31.2 Å². The Morgan fingerprint density at radius 3 is 2.95 bits per heavy atom. The number of rotatable bonds is 2. The standard InChI is InChI=1S/C13H11BrN4O/c1-8-6-11-13(16-4-5-18(11)17-8)19-12-3-2-9(14)7-10(12)15/h2-7H,15H2,1H3. The van der Waals surface area contributed by atoms with Crippen LogP contribution in [0.25, 0.3) is 5.52 Å². The van der Waals surface area contributed by atoms with Crippen molar-refractivity contribution in [2.24, 2.45) is 0 Å². The van der Waals surface area contributed by atoms with Crippen LogP contribution in [0.5, 0.6) is 11.6 Å². The number of aromatic nitrogens is 3. The summed E-state index contributed by atoms with van der Waals surface area (Å²) in [4.78, 5) is 4.23. The van der Waals surface area contributed by atoms with Gasteiger partial charge in [-0.2, -0.15) is 5.10 Å². The van der Waals surface area contributed by atoms with E-state index in [1.165, 1.54) is 0 Å². The predicted octanol–water partition coefficient (Wildman–Crippen LogP) is 3.17. The molecule has 0 spiro atoms. The molecule has 6 heteroatoms. The Morgan fingerprint density at radius 2 is 2.16 bits per heavy atom. The lowest BCUT2D eigenvalue weighted by Gasteiger charge is -2.08. The third kappa shape index (κ3) is 2.26. The molecule has 0 aliphatic rings. The number of hydrogen-bond donors (Lipinski definition) is 1. The van der Waals surface area contributed by atoms with Crippen molar-refractivity contribution in [2.75, 3.05) is 5.73 Å². The van der Waals surface area contributed by atoms with Crippen molar-refractivity contribution in [3.05, 3.63) is 46.8 Å². The maximum atomic E-state index is 5.91. The lowest BCUT2D eigenvalue weighted by molar-refractivity contribution is 0.467. The summed E-state index contributed by atoms with van der Waals surface area (Å²) in [5.41, 5.74) is 8.18. The van der Waals surface area contributed by atoms with Gasteiger partial charge in [0, 0.05) is 16.9 Å². The zero-order chi connectivity index (χ0) is 13.4. The Hall–Kier alpha value is -2.08. The molecule has 96 valence electrons. The molecule has 5 nitrogen and oxygen atoms in total. The highest BCUT2D eigenvalue weighted by atomic mass is 79.9. The summed E-state index contributed by atoms with van der Waals surface area (Å²) in [6.45, 7) is 1.92.